The fourth-order valence-electron chi connectivity index (χ4n) is 0.712. The van der Waals surface area contributed by atoms with Crippen LogP contribution in [0.5, 0.6) is 0 Å². The minimum absolute atomic E-state index is 0.229. The van der Waals surface area contributed by atoms with E-state index >= 15 is 0 Å². The average molecular weight is 164 g/mol. The van der Waals surface area contributed by atoms with Gasteiger partial charge in [-0.25, -0.2) is 4.84 Å². The Morgan fingerprint density at radius 1 is 1.45 bits per heavy atom. The van der Waals surface area contributed by atoms with E-state index in [9.17, 15) is 4.91 Å². The zero-order chi connectivity index (χ0) is 8.91. The predicted molar refractivity (Wildman–Crippen MR) is 37.8 cm³/mol. The number of hydrogen-bond acceptors (Lipinski definition) is 4. The monoisotopic (exact) mass is 164 g/mol. The van der Waals surface area contributed by atoms with E-state index in [0.717, 1.165) is 0 Å². The summed E-state index contributed by atoms with van der Waals surface area (Å²) in [5.74, 6) is 0. The van der Waals surface area contributed by atoms with Crippen LogP contribution in [0.3, 0.4) is 0 Å². The van der Waals surface area contributed by atoms with Gasteiger partial charge in [0.25, 0.3) is 0 Å². The Kier molecular flexibility index (Phi) is 3.99. The van der Waals surface area contributed by atoms with Crippen molar-refractivity contribution in [3.8, 4) is 0 Å². The highest BCUT2D eigenvalue weighted by Crippen LogP contribution is 2.13. The molecule has 0 radical (unpaired) electrons. The molecule has 5 nitrogen and oxygen atoms in total. The standard InChI is InChI=1S/C6H14NO4/c1-3-6(4-8,5-9)7(10)11-2/h8-9H,3-5H2,1-2H3/q+1. The van der Waals surface area contributed by atoms with E-state index in [1.807, 2.05) is 0 Å². The summed E-state index contributed by atoms with van der Waals surface area (Å²) in [6, 6.07) is 0. The number of hydrogen-bond donors (Lipinski definition) is 2. The highest BCUT2D eigenvalue weighted by molar-refractivity contribution is 4.73. The molecule has 0 heterocycles. The molecule has 0 fully saturated rings. The maximum atomic E-state index is 10.9. The van der Waals surface area contributed by atoms with Crippen LogP contribution in [0.1, 0.15) is 13.3 Å². The normalized spacial score (nSPS) is 11.3. The summed E-state index contributed by atoms with van der Waals surface area (Å²) < 4.78 is 0. The minimum Gasteiger partial charge on any atom is -0.389 e. The molecule has 0 rings (SSSR count). The number of rotatable bonds is 5. The largest absolute Gasteiger partial charge is 0.389 e. The Labute approximate surface area is 65.1 Å². The van der Waals surface area contributed by atoms with Crippen LogP contribution < -0.4 is 0 Å². The van der Waals surface area contributed by atoms with Gasteiger partial charge >= 0.3 is 5.54 Å². The maximum Gasteiger partial charge on any atom is 0.310 e. The van der Waals surface area contributed by atoms with Gasteiger partial charge in [0.1, 0.15) is 13.2 Å². The van der Waals surface area contributed by atoms with Gasteiger partial charge in [-0.15, -0.1) is 0 Å². The van der Waals surface area contributed by atoms with Crippen molar-refractivity contribution in [2.75, 3.05) is 20.3 Å². The van der Waals surface area contributed by atoms with E-state index in [1.54, 1.807) is 6.92 Å². The Morgan fingerprint density at radius 2 is 1.91 bits per heavy atom. The quantitative estimate of drug-likeness (QED) is 0.535. The van der Waals surface area contributed by atoms with Gasteiger partial charge in [0.2, 0.25) is 4.92 Å². The second-order valence-corrected chi connectivity index (χ2v) is 2.33. The highest BCUT2D eigenvalue weighted by atomic mass is 16.8. The first-order valence-corrected chi connectivity index (χ1v) is 3.40. The Bertz CT molecular complexity index is 124. The third-order valence-corrected chi connectivity index (χ3v) is 1.80. The van der Waals surface area contributed by atoms with E-state index in [-0.39, 0.29) is 4.92 Å². The number of aliphatic hydroxyl groups is 2. The van der Waals surface area contributed by atoms with Gasteiger partial charge in [-0.05, 0) is 0 Å². The van der Waals surface area contributed by atoms with Gasteiger partial charge in [0.15, 0.2) is 7.11 Å². The number of aliphatic hydroxyl groups excluding tert-OH is 2. The molecule has 0 atom stereocenters. The summed E-state index contributed by atoms with van der Waals surface area (Å²) in [4.78, 5) is 15.5. The Morgan fingerprint density at radius 3 is 2.00 bits per heavy atom. The van der Waals surface area contributed by atoms with Gasteiger partial charge in [-0.1, -0.05) is 6.92 Å². The van der Waals surface area contributed by atoms with Crippen LogP contribution in [0.15, 0.2) is 0 Å². The lowest BCUT2D eigenvalue weighted by Gasteiger charge is -2.14. The lowest BCUT2D eigenvalue weighted by atomic mass is 10.0. The molecule has 0 aromatic heterocycles. The molecule has 11 heavy (non-hydrogen) atoms. The molecule has 0 unspecified atom stereocenters. The molecule has 0 amide bonds. The molecule has 2 N–H and O–H groups in total. The van der Waals surface area contributed by atoms with Crippen molar-refractivity contribution >= 4 is 0 Å². The molecule has 0 saturated carbocycles. The predicted octanol–water partition coefficient (Wildman–Crippen LogP) is -0.540. The number of nitrogens with zero attached hydrogens (tertiary/aromatic N) is 1. The smallest absolute Gasteiger partial charge is 0.310 e. The summed E-state index contributed by atoms with van der Waals surface area (Å²) >= 11 is 0. The zero-order valence-electron chi connectivity index (χ0n) is 6.78. The SMILES string of the molecule is CCC(CO)(CO)[N+](=O)OC. The van der Waals surface area contributed by atoms with Crippen LogP contribution in [0.2, 0.25) is 0 Å². The average Bonchev–Trinajstić information content (AvgIpc) is 2.08. The molecule has 5 heteroatoms. The van der Waals surface area contributed by atoms with E-state index < -0.39 is 18.8 Å². The van der Waals surface area contributed by atoms with Gasteiger partial charge < -0.3 is 10.2 Å². The Balaban J connectivity index is 4.39. The third-order valence-electron chi connectivity index (χ3n) is 1.80. The second-order valence-electron chi connectivity index (χ2n) is 2.33. The molecule has 0 spiro atoms. The summed E-state index contributed by atoms with van der Waals surface area (Å²) in [5, 5.41) is 17.6. The van der Waals surface area contributed by atoms with Gasteiger partial charge in [0.05, 0.1) is 4.91 Å². The lowest BCUT2D eigenvalue weighted by Crippen LogP contribution is -2.47. The van der Waals surface area contributed by atoms with E-state index in [1.165, 1.54) is 7.11 Å². The van der Waals surface area contributed by atoms with Crippen LogP contribution in [0.4, 0.5) is 0 Å². The first-order valence-electron chi connectivity index (χ1n) is 3.40. The summed E-state index contributed by atoms with van der Waals surface area (Å²) in [7, 11) is 1.20. The van der Waals surface area contributed by atoms with Crippen LogP contribution in [-0.2, 0) is 4.84 Å². The summed E-state index contributed by atoms with van der Waals surface area (Å²) in [6.45, 7) is 0.852. The lowest BCUT2D eigenvalue weighted by molar-refractivity contribution is -0.848. The highest BCUT2D eigenvalue weighted by Gasteiger charge is 2.46. The third kappa shape index (κ3) is 1.87. The molecular weight excluding hydrogens is 150 g/mol. The molecule has 0 bridgehead atoms. The van der Waals surface area contributed by atoms with Gasteiger partial charge in [-0.2, -0.15) is 0 Å². The van der Waals surface area contributed by atoms with Crippen molar-refractivity contribution < 1.29 is 20.0 Å². The molecular formula is C6H14NO4+. The fourth-order valence-corrected chi connectivity index (χ4v) is 0.712. The fraction of sp³-hybridized carbons (Fsp3) is 1.00. The van der Waals surface area contributed by atoms with Crippen LogP contribution in [0, 0.1) is 4.91 Å². The first-order chi connectivity index (χ1) is 5.16. The maximum absolute atomic E-state index is 10.9. The van der Waals surface area contributed by atoms with Crippen LogP contribution in [0.25, 0.3) is 0 Å². The van der Waals surface area contributed by atoms with Crippen molar-refractivity contribution in [3.63, 3.8) is 0 Å². The molecule has 0 saturated heterocycles. The van der Waals surface area contributed by atoms with Crippen LogP contribution >= 0.6 is 0 Å². The van der Waals surface area contributed by atoms with E-state index in [2.05, 4.69) is 4.84 Å². The minimum atomic E-state index is -1.20. The molecule has 66 valence electrons. The second kappa shape index (κ2) is 4.25. The molecule has 0 aliphatic heterocycles. The van der Waals surface area contributed by atoms with Crippen molar-refractivity contribution in [1.82, 2.24) is 0 Å². The summed E-state index contributed by atoms with van der Waals surface area (Å²) in [5.41, 5.74) is -1.20. The van der Waals surface area contributed by atoms with Crippen molar-refractivity contribution in [1.29, 1.82) is 0 Å². The van der Waals surface area contributed by atoms with Gasteiger partial charge in [0, 0.05) is 6.42 Å². The molecule has 0 aromatic carbocycles. The summed E-state index contributed by atoms with van der Waals surface area (Å²) in [6.07, 6.45) is 0.331. The van der Waals surface area contributed by atoms with Gasteiger partial charge in [-0.3, -0.25) is 0 Å². The first kappa shape index (κ1) is 10.3. The topological polar surface area (TPSA) is 69.8 Å². The zero-order valence-corrected chi connectivity index (χ0v) is 6.78. The van der Waals surface area contributed by atoms with E-state index in [4.69, 9.17) is 10.2 Å². The molecule has 0 aromatic rings. The van der Waals surface area contributed by atoms with Crippen molar-refractivity contribution in [3.05, 3.63) is 4.91 Å². The van der Waals surface area contributed by atoms with Crippen LogP contribution in [-0.4, -0.2) is 41.0 Å². The molecule has 0 aliphatic carbocycles. The van der Waals surface area contributed by atoms with Crippen molar-refractivity contribution in [2.24, 2.45) is 0 Å². The van der Waals surface area contributed by atoms with Crippen molar-refractivity contribution in [2.45, 2.75) is 18.9 Å². The van der Waals surface area contributed by atoms with E-state index in [0.29, 0.717) is 6.42 Å². The molecule has 0 aliphatic rings. The Hall–Kier alpha value is -0.680.